The first-order chi connectivity index (χ1) is 9.75. The van der Waals surface area contributed by atoms with Crippen LogP contribution in [0.25, 0.3) is 0 Å². The second-order valence-electron chi connectivity index (χ2n) is 7.14. The van der Waals surface area contributed by atoms with Crippen molar-refractivity contribution in [1.82, 2.24) is 0 Å². The third-order valence-electron chi connectivity index (χ3n) is 4.28. The van der Waals surface area contributed by atoms with Gasteiger partial charge in [-0.05, 0) is 42.2 Å². The van der Waals surface area contributed by atoms with Crippen molar-refractivity contribution in [2.45, 2.75) is 64.7 Å². The molecule has 0 aliphatic rings. The maximum absolute atomic E-state index is 13.1. The van der Waals surface area contributed by atoms with Crippen molar-refractivity contribution in [3.63, 3.8) is 0 Å². The molecule has 0 radical (unpaired) electrons. The SMILES string of the molecule is CC(O)c1ccc(CO[Si](C)(C)C(C)(C)C)cc1C(F)(F)F. The van der Waals surface area contributed by atoms with Gasteiger partial charge in [-0.1, -0.05) is 32.9 Å². The number of aliphatic hydroxyl groups excluding tert-OH is 1. The van der Waals surface area contributed by atoms with Gasteiger partial charge >= 0.3 is 6.18 Å². The van der Waals surface area contributed by atoms with Gasteiger partial charge in [-0.2, -0.15) is 13.2 Å². The topological polar surface area (TPSA) is 29.5 Å². The van der Waals surface area contributed by atoms with Gasteiger partial charge < -0.3 is 9.53 Å². The Morgan fingerprint density at radius 2 is 1.73 bits per heavy atom. The summed E-state index contributed by atoms with van der Waals surface area (Å²) >= 11 is 0. The lowest BCUT2D eigenvalue weighted by atomic mass is 10.00. The van der Waals surface area contributed by atoms with E-state index in [0.29, 0.717) is 5.56 Å². The molecule has 0 saturated carbocycles. The van der Waals surface area contributed by atoms with Gasteiger partial charge in [0.05, 0.1) is 18.3 Å². The van der Waals surface area contributed by atoms with E-state index in [-0.39, 0.29) is 17.2 Å². The Morgan fingerprint density at radius 1 is 1.18 bits per heavy atom. The zero-order valence-electron chi connectivity index (χ0n) is 14.0. The highest BCUT2D eigenvalue weighted by atomic mass is 28.4. The van der Waals surface area contributed by atoms with Crippen LogP contribution in [0.4, 0.5) is 13.2 Å². The minimum atomic E-state index is -4.49. The predicted octanol–water partition coefficient (Wildman–Crippen LogP) is 5.28. The van der Waals surface area contributed by atoms with Crippen LogP contribution in [0, 0.1) is 0 Å². The molecule has 0 spiro atoms. The smallest absolute Gasteiger partial charge is 0.413 e. The van der Waals surface area contributed by atoms with Crippen molar-refractivity contribution in [2.24, 2.45) is 0 Å². The molecule has 1 aromatic carbocycles. The van der Waals surface area contributed by atoms with Gasteiger partial charge in [0.25, 0.3) is 0 Å². The Morgan fingerprint density at radius 3 is 2.14 bits per heavy atom. The van der Waals surface area contributed by atoms with Gasteiger partial charge in [0.2, 0.25) is 0 Å². The van der Waals surface area contributed by atoms with Crippen molar-refractivity contribution in [2.75, 3.05) is 0 Å². The molecule has 6 heteroatoms. The average Bonchev–Trinajstić information content (AvgIpc) is 2.33. The Bertz CT molecular complexity index is 517. The van der Waals surface area contributed by atoms with Crippen LogP contribution in [0.2, 0.25) is 18.1 Å². The fourth-order valence-electron chi connectivity index (χ4n) is 1.78. The van der Waals surface area contributed by atoms with Crippen LogP contribution in [-0.4, -0.2) is 13.4 Å². The summed E-state index contributed by atoms with van der Waals surface area (Å²) < 4.78 is 45.3. The second-order valence-corrected chi connectivity index (χ2v) is 12.0. The number of halogens is 3. The third kappa shape index (κ3) is 4.57. The van der Waals surface area contributed by atoms with Gasteiger partial charge in [0.15, 0.2) is 8.32 Å². The number of hydrogen-bond donors (Lipinski definition) is 1. The first-order valence-electron chi connectivity index (χ1n) is 7.28. The number of aliphatic hydroxyl groups is 1. The van der Waals surface area contributed by atoms with Crippen molar-refractivity contribution < 1.29 is 22.7 Å². The minimum absolute atomic E-state index is 0.000585. The molecule has 1 rings (SSSR count). The van der Waals surface area contributed by atoms with E-state index in [2.05, 4.69) is 33.9 Å². The second kappa shape index (κ2) is 6.33. The van der Waals surface area contributed by atoms with Crippen LogP contribution in [0.5, 0.6) is 0 Å². The monoisotopic (exact) mass is 334 g/mol. The lowest BCUT2D eigenvalue weighted by Gasteiger charge is -2.36. The Kier molecular flexibility index (Phi) is 5.53. The van der Waals surface area contributed by atoms with Gasteiger partial charge in [-0.15, -0.1) is 0 Å². The fourth-order valence-corrected chi connectivity index (χ4v) is 2.74. The van der Waals surface area contributed by atoms with Gasteiger partial charge in [-0.3, -0.25) is 0 Å². The van der Waals surface area contributed by atoms with E-state index in [9.17, 15) is 18.3 Å². The first kappa shape index (κ1) is 19.2. The summed E-state index contributed by atoms with van der Waals surface area (Å²) in [6, 6.07) is 4.00. The number of benzene rings is 1. The summed E-state index contributed by atoms with van der Waals surface area (Å²) in [7, 11) is -2.02. The van der Waals surface area contributed by atoms with Gasteiger partial charge in [0.1, 0.15) is 0 Å². The molecule has 0 heterocycles. The number of rotatable bonds is 4. The van der Waals surface area contributed by atoms with Gasteiger partial charge in [0, 0.05) is 0 Å². The van der Waals surface area contributed by atoms with Crippen molar-refractivity contribution in [3.05, 3.63) is 34.9 Å². The fraction of sp³-hybridized carbons (Fsp3) is 0.625. The van der Waals surface area contributed by atoms with E-state index in [0.717, 1.165) is 6.07 Å². The molecule has 1 unspecified atom stereocenters. The Hall–Kier alpha value is -0.853. The lowest BCUT2D eigenvalue weighted by Crippen LogP contribution is -2.40. The van der Waals surface area contributed by atoms with Crippen LogP contribution in [-0.2, 0) is 17.2 Å². The molecule has 0 aliphatic carbocycles. The summed E-state index contributed by atoms with van der Waals surface area (Å²) in [6.45, 7) is 11.8. The van der Waals surface area contributed by atoms with E-state index in [1.54, 1.807) is 6.07 Å². The molecule has 0 fully saturated rings. The molecule has 0 amide bonds. The van der Waals surface area contributed by atoms with E-state index >= 15 is 0 Å². The summed E-state index contributed by atoms with van der Waals surface area (Å²) in [6.07, 6.45) is -5.65. The zero-order valence-corrected chi connectivity index (χ0v) is 15.0. The summed E-state index contributed by atoms with van der Waals surface area (Å²) in [4.78, 5) is 0. The molecule has 126 valence electrons. The quantitative estimate of drug-likeness (QED) is 0.759. The molecule has 22 heavy (non-hydrogen) atoms. The van der Waals surface area contributed by atoms with E-state index in [4.69, 9.17) is 4.43 Å². The zero-order chi connectivity index (χ0) is 17.3. The van der Waals surface area contributed by atoms with Crippen LogP contribution in [0.3, 0.4) is 0 Å². The summed E-state index contributed by atoms with van der Waals surface area (Å²) in [5.41, 5.74) is -0.427. The molecule has 1 N–H and O–H groups in total. The lowest BCUT2D eigenvalue weighted by molar-refractivity contribution is -0.139. The molecule has 0 aliphatic heterocycles. The van der Waals surface area contributed by atoms with Crippen molar-refractivity contribution in [1.29, 1.82) is 0 Å². The van der Waals surface area contributed by atoms with Gasteiger partial charge in [-0.25, -0.2) is 0 Å². The van der Waals surface area contributed by atoms with E-state index in [1.165, 1.54) is 13.0 Å². The Labute approximate surface area is 131 Å². The standard InChI is InChI=1S/C16H25F3O2Si/c1-11(20)13-8-7-12(9-14(13)16(17,18)19)10-21-22(5,6)15(2,3)4/h7-9,11,20H,10H2,1-6H3. The third-order valence-corrected chi connectivity index (χ3v) is 8.76. The Balaban J connectivity index is 3.04. The minimum Gasteiger partial charge on any atom is -0.413 e. The molecule has 1 atom stereocenters. The highest BCUT2D eigenvalue weighted by Crippen LogP contribution is 2.38. The molecule has 0 bridgehead atoms. The largest absolute Gasteiger partial charge is 0.416 e. The maximum atomic E-state index is 13.1. The first-order valence-corrected chi connectivity index (χ1v) is 10.2. The van der Waals surface area contributed by atoms with Crippen LogP contribution in [0.1, 0.15) is 50.5 Å². The van der Waals surface area contributed by atoms with E-state index in [1.807, 2.05) is 0 Å². The molecule has 2 nitrogen and oxygen atoms in total. The van der Waals surface area contributed by atoms with Crippen LogP contribution < -0.4 is 0 Å². The highest BCUT2D eigenvalue weighted by Gasteiger charge is 2.38. The summed E-state index contributed by atoms with van der Waals surface area (Å²) in [5.74, 6) is 0. The highest BCUT2D eigenvalue weighted by molar-refractivity contribution is 6.74. The molecule has 0 saturated heterocycles. The summed E-state index contributed by atoms with van der Waals surface area (Å²) in [5, 5.41) is 9.50. The average molecular weight is 334 g/mol. The normalized spacial score (nSPS) is 15.0. The predicted molar refractivity (Wildman–Crippen MR) is 84.1 cm³/mol. The number of hydrogen-bond acceptors (Lipinski definition) is 2. The van der Waals surface area contributed by atoms with E-state index < -0.39 is 26.2 Å². The molecule has 0 aromatic heterocycles. The van der Waals surface area contributed by atoms with Crippen molar-refractivity contribution in [3.8, 4) is 0 Å². The molecular weight excluding hydrogens is 309 g/mol. The van der Waals surface area contributed by atoms with Crippen LogP contribution in [0.15, 0.2) is 18.2 Å². The van der Waals surface area contributed by atoms with Crippen molar-refractivity contribution >= 4 is 8.32 Å². The number of alkyl halides is 3. The maximum Gasteiger partial charge on any atom is 0.416 e. The molecule has 1 aromatic rings. The molecular formula is C16H25F3O2Si. The van der Waals surface area contributed by atoms with Crippen LogP contribution >= 0.6 is 0 Å².